The average molecular weight is 307 g/mol. The van der Waals surface area contributed by atoms with Crippen molar-refractivity contribution in [2.45, 2.75) is 58.6 Å². The lowest BCUT2D eigenvalue weighted by Crippen LogP contribution is -2.35. The highest BCUT2D eigenvalue weighted by atomic mass is 16.6. The zero-order chi connectivity index (χ0) is 16.3. The number of nitrogens with zero attached hydrogens (tertiary/aromatic N) is 3. The van der Waals surface area contributed by atoms with Crippen LogP contribution in [0.5, 0.6) is 0 Å². The number of hydrogen-bond acceptors (Lipinski definition) is 4. The summed E-state index contributed by atoms with van der Waals surface area (Å²) >= 11 is 0. The summed E-state index contributed by atoms with van der Waals surface area (Å²) in [5.41, 5.74) is 0.590. The Bertz CT molecular complexity index is 545. The SMILES string of the molecule is CC(=O)CCc1cnn([C@@H]2CCN(C(=O)OC(C)(C)C)C2)c1. The molecule has 2 heterocycles. The van der Waals surface area contributed by atoms with E-state index < -0.39 is 5.60 Å². The molecule has 0 saturated carbocycles. The Kier molecular flexibility index (Phi) is 4.88. The molecule has 0 spiro atoms. The van der Waals surface area contributed by atoms with Gasteiger partial charge in [0.2, 0.25) is 0 Å². The van der Waals surface area contributed by atoms with E-state index in [4.69, 9.17) is 4.74 Å². The second kappa shape index (κ2) is 6.50. The van der Waals surface area contributed by atoms with Crippen molar-refractivity contribution in [3.8, 4) is 0 Å². The molecule has 1 aromatic heterocycles. The van der Waals surface area contributed by atoms with E-state index in [1.165, 1.54) is 0 Å². The lowest BCUT2D eigenvalue weighted by atomic mass is 10.1. The van der Waals surface area contributed by atoms with Crippen LogP contribution in [0, 0.1) is 0 Å². The summed E-state index contributed by atoms with van der Waals surface area (Å²) in [6.07, 6.45) is 5.65. The van der Waals surface area contributed by atoms with Crippen molar-refractivity contribution >= 4 is 11.9 Å². The fourth-order valence-electron chi connectivity index (χ4n) is 2.48. The van der Waals surface area contributed by atoms with E-state index in [9.17, 15) is 9.59 Å². The molecule has 0 unspecified atom stereocenters. The Labute approximate surface area is 131 Å². The first kappa shape index (κ1) is 16.5. The third-order valence-corrected chi connectivity index (χ3v) is 3.61. The molecule has 1 aliphatic rings. The van der Waals surface area contributed by atoms with E-state index >= 15 is 0 Å². The first-order valence-electron chi connectivity index (χ1n) is 7.75. The van der Waals surface area contributed by atoms with Gasteiger partial charge in [-0.1, -0.05) is 0 Å². The minimum absolute atomic E-state index is 0.179. The van der Waals surface area contributed by atoms with Gasteiger partial charge in [-0.05, 0) is 46.1 Å². The number of likely N-dealkylation sites (tertiary alicyclic amines) is 1. The first-order chi connectivity index (χ1) is 10.2. The Morgan fingerprint density at radius 3 is 2.77 bits per heavy atom. The van der Waals surface area contributed by atoms with Gasteiger partial charge in [0.05, 0.1) is 12.2 Å². The number of hydrogen-bond donors (Lipinski definition) is 0. The van der Waals surface area contributed by atoms with Gasteiger partial charge >= 0.3 is 6.09 Å². The average Bonchev–Trinajstić information content (AvgIpc) is 3.03. The van der Waals surface area contributed by atoms with Gasteiger partial charge in [0.25, 0.3) is 0 Å². The van der Waals surface area contributed by atoms with Crippen molar-refractivity contribution in [3.05, 3.63) is 18.0 Å². The minimum atomic E-state index is -0.471. The molecule has 0 aliphatic carbocycles. The molecule has 0 radical (unpaired) electrons. The standard InChI is InChI=1S/C16H25N3O3/c1-12(20)5-6-13-9-17-19(10-13)14-7-8-18(11-14)15(21)22-16(2,3)4/h9-10,14H,5-8,11H2,1-4H3/t14-/m1/s1. The van der Waals surface area contributed by atoms with E-state index in [1.807, 2.05) is 31.6 Å². The second-order valence-corrected chi connectivity index (χ2v) is 6.90. The van der Waals surface area contributed by atoms with Gasteiger partial charge in [0.1, 0.15) is 11.4 Å². The predicted octanol–water partition coefficient (Wildman–Crippen LogP) is 2.59. The number of amides is 1. The van der Waals surface area contributed by atoms with Crippen LogP contribution in [0.15, 0.2) is 12.4 Å². The van der Waals surface area contributed by atoms with Crippen LogP contribution < -0.4 is 0 Å². The molecule has 1 saturated heterocycles. The molecule has 1 amide bonds. The van der Waals surface area contributed by atoms with Gasteiger partial charge in [-0.3, -0.25) is 4.68 Å². The third-order valence-electron chi connectivity index (χ3n) is 3.61. The molecule has 1 atom stereocenters. The molecular weight excluding hydrogens is 282 g/mol. The molecule has 2 rings (SSSR count). The van der Waals surface area contributed by atoms with E-state index in [0.717, 1.165) is 18.4 Å². The smallest absolute Gasteiger partial charge is 0.410 e. The van der Waals surface area contributed by atoms with Gasteiger partial charge in [-0.2, -0.15) is 5.10 Å². The largest absolute Gasteiger partial charge is 0.444 e. The van der Waals surface area contributed by atoms with Crippen molar-refractivity contribution in [2.75, 3.05) is 13.1 Å². The first-order valence-corrected chi connectivity index (χ1v) is 7.75. The second-order valence-electron chi connectivity index (χ2n) is 6.90. The Morgan fingerprint density at radius 2 is 2.14 bits per heavy atom. The predicted molar refractivity (Wildman–Crippen MR) is 82.7 cm³/mol. The fourth-order valence-corrected chi connectivity index (χ4v) is 2.48. The van der Waals surface area contributed by atoms with Crippen molar-refractivity contribution in [1.29, 1.82) is 0 Å². The molecule has 1 fully saturated rings. The number of aromatic nitrogens is 2. The molecule has 6 nitrogen and oxygen atoms in total. The van der Waals surface area contributed by atoms with Gasteiger partial charge in [-0.25, -0.2) is 4.79 Å². The molecule has 1 aliphatic heterocycles. The molecule has 0 aromatic carbocycles. The summed E-state index contributed by atoms with van der Waals surface area (Å²) in [4.78, 5) is 24.8. The quantitative estimate of drug-likeness (QED) is 0.857. The van der Waals surface area contributed by atoms with Crippen molar-refractivity contribution < 1.29 is 14.3 Å². The maximum Gasteiger partial charge on any atom is 0.410 e. The third kappa shape index (κ3) is 4.58. The van der Waals surface area contributed by atoms with E-state index in [1.54, 1.807) is 18.0 Å². The number of ether oxygens (including phenoxy) is 1. The highest BCUT2D eigenvalue weighted by Crippen LogP contribution is 2.23. The van der Waals surface area contributed by atoms with Crippen LogP contribution in [0.4, 0.5) is 4.79 Å². The Morgan fingerprint density at radius 1 is 1.41 bits per heavy atom. The number of carbonyl (C=O) groups excluding carboxylic acids is 2. The topological polar surface area (TPSA) is 64.4 Å². The maximum absolute atomic E-state index is 12.1. The van der Waals surface area contributed by atoms with Gasteiger partial charge in [0, 0.05) is 25.7 Å². The van der Waals surface area contributed by atoms with Crippen LogP contribution in [0.25, 0.3) is 0 Å². The zero-order valence-corrected chi connectivity index (χ0v) is 13.8. The van der Waals surface area contributed by atoms with E-state index in [0.29, 0.717) is 19.5 Å². The van der Waals surface area contributed by atoms with E-state index in [-0.39, 0.29) is 17.9 Å². The summed E-state index contributed by atoms with van der Waals surface area (Å²) in [5.74, 6) is 0.185. The maximum atomic E-state index is 12.1. The number of carbonyl (C=O) groups is 2. The summed E-state index contributed by atoms with van der Waals surface area (Å²) in [7, 11) is 0. The molecule has 22 heavy (non-hydrogen) atoms. The highest BCUT2D eigenvalue weighted by Gasteiger charge is 2.30. The van der Waals surface area contributed by atoms with Crippen molar-refractivity contribution in [2.24, 2.45) is 0 Å². The Balaban J connectivity index is 1.90. The Hall–Kier alpha value is -1.85. The summed E-state index contributed by atoms with van der Waals surface area (Å²) < 4.78 is 7.30. The lowest BCUT2D eigenvalue weighted by molar-refractivity contribution is -0.116. The van der Waals surface area contributed by atoms with Crippen molar-refractivity contribution in [1.82, 2.24) is 14.7 Å². The molecule has 0 bridgehead atoms. The minimum Gasteiger partial charge on any atom is -0.444 e. The van der Waals surface area contributed by atoms with Gasteiger partial charge in [-0.15, -0.1) is 0 Å². The summed E-state index contributed by atoms with van der Waals surface area (Å²) in [5, 5.41) is 4.37. The summed E-state index contributed by atoms with van der Waals surface area (Å²) in [6, 6.07) is 0.179. The van der Waals surface area contributed by atoms with E-state index in [2.05, 4.69) is 5.10 Å². The normalized spacial score (nSPS) is 18.5. The highest BCUT2D eigenvalue weighted by molar-refractivity contribution is 5.75. The van der Waals surface area contributed by atoms with Crippen LogP contribution in [0.2, 0.25) is 0 Å². The zero-order valence-electron chi connectivity index (χ0n) is 13.8. The van der Waals surface area contributed by atoms with Gasteiger partial charge in [0.15, 0.2) is 0 Å². The van der Waals surface area contributed by atoms with Gasteiger partial charge < -0.3 is 14.4 Å². The number of ketones is 1. The number of aryl methyl sites for hydroxylation is 1. The monoisotopic (exact) mass is 307 g/mol. The molecule has 122 valence electrons. The molecule has 1 aromatic rings. The van der Waals surface area contributed by atoms with Crippen LogP contribution >= 0.6 is 0 Å². The van der Waals surface area contributed by atoms with Crippen molar-refractivity contribution in [3.63, 3.8) is 0 Å². The van der Waals surface area contributed by atoms with Crippen LogP contribution in [-0.2, 0) is 16.0 Å². The molecular formula is C16H25N3O3. The lowest BCUT2D eigenvalue weighted by Gasteiger charge is -2.24. The molecule has 0 N–H and O–H groups in total. The molecule has 6 heteroatoms. The summed E-state index contributed by atoms with van der Waals surface area (Å²) in [6.45, 7) is 8.50. The van der Waals surface area contributed by atoms with Crippen LogP contribution in [0.3, 0.4) is 0 Å². The number of Topliss-reactive ketones (excluding diaryl/α,β-unsaturated/α-hetero) is 1. The van der Waals surface area contributed by atoms with Crippen LogP contribution in [-0.4, -0.2) is 45.2 Å². The fraction of sp³-hybridized carbons (Fsp3) is 0.688. The van der Waals surface area contributed by atoms with Crippen LogP contribution in [0.1, 0.15) is 52.1 Å². The number of rotatable bonds is 4.